The van der Waals surface area contributed by atoms with E-state index in [0.717, 1.165) is 24.0 Å². The Morgan fingerprint density at radius 3 is 2.62 bits per heavy atom. The van der Waals surface area contributed by atoms with Crippen LogP contribution >= 0.6 is 0 Å². The molecule has 1 aliphatic carbocycles. The van der Waals surface area contributed by atoms with Gasteiger partial charge in [-0.3, -0.25) is 4.79 Å². The molecule has 0 amide bonds. The van der Waals surface area contributed by atoms with Crippen LogP contribution < -0.4 is 0 Å². The highest BCUT2D eigenvalue weighted by molar-refractivity contribution is 6.06. The second kappa shape index (κ2) is 4.82. The number of ketones is 1. The lowest BCUT2D eigenvalue weighted by atomic mass is 9.72. The van der Waals surface area contributed by atoms with Crippen LogP contribution in [0.1, 0.15) is 47.5 Å². The Morgan fingerprint density at radius 2 is 2.06 bits per heavy atom. The first-order valence-electron chi connectivity index (χ1n) is 5.99. The number of carbonyl (C=O) groups is 1. The summed E-state index contributed by atoms with van der Waals surface area (Å²) in [4.78, 5) is 12.2. The molecule has 0 aromatic rings. The first kappa shape index (κ1) is 13.0. The summed E-state index contributed by atoms with van der Waals surface area (Å²) in [5.74, 6) is 0.178. The van der Waals surface area contributed by atoms with Gasteiger partial charge in [0.05, 0.1) is 0 Å². The standard InChI is InChI=1S/C15H22O/c1-6-7-8-13(16)14-12(3)11(2)9-10-15(14,4)5/h7-9H,6,10H2,1-5H3/b8-7+. The minimum Gasteiger partial charge on any atom is -0.290 e. The zero-order valence-electron chi connectivity index (χ0n) is 11.1. The molecular formula is C15H22O. The van der Waals surface area contributed by atoms with E-state index in [0.29, 0.717) is 0 Å². The van der Waals surface area contributed by atoms with Crippen LogP contribution in [0.3, 0.4) is 0 Å². The lowest BCUT2D eigenvalue weighted by molar-refractivity contribution is -0.112. The van der Waals surface area contributed by atoms with E-state index in [4.69, 9.17) is 0 Å². The van der Waals surface area contributed by atoms with Gasteiger partial charge in [-0.2, -0.15) is 0 Å². The molecule has 16 heavy (non-hydrogen) atoms. The van der Waals surface area contributed by atoms with E-state index in [9.17, 15) is 4.79 Å². The zero-order valence-corrected chi connectivity index (χ0v) is 11.1. The minimum absolute atomic E-state index is 0.0290. The third-order valence-corrected chi connectivity index (χ3v) is 3.31. The second-order valence-electron chi connectivity index (χ2n) is 5.15. The van der Waals surface area contributed by atoms with Crippen LogP contribution in [0.5, 0.6) is 0 Å². The van der Waals surface area contributed by atoms with Crippen molar-refractivity contribution >= 4 is 5.78 Å². The Kier molecular flexibility index (Phi) is 3.90. The maximum absolute atomic E-state index is 12.2. The van der Waals surface area contributed by atoms with Gasteiger partial charge in [0.2, 0.25) is 0 Å². The third kappa shape index (κ3) is 2.52. The van der Waals surface area contributed by atoms with Gasteiger partial charge in [-0.1, -0.05) is 38.5 Å². The molecule has 0 saturated heterocycles. The topological polar surface area (TPSA) is 17.1 Å². The van der Waals surface area contributed by atoms with Crippen LogP contribution in [0.15, 0.2) is 34.9 Å². The third-order valence-electron chi connectivity index (χ3n) is 3.31. The predicted octanol–water partition coefficient (Wildman–Crippen LogP) is 4.21. The van der Waals surface area contributed by atoms with Crippen molar-refractivity contribution in [1.82, 2.24) is 0 Å². The number of hydrogen-bond acceptors (Lipinski definition) is 1. The normalized spacial score (nSPS) is 20.2. The number of rotatable bonds is 3. The predicted molar refractivity (Wildman–Crippen MR) is 69.3 cm³/mol. The fourth-order valence-electron chi connectivity index (χ4n) is 2.19. The van der Waals surface area contributed by atoms with Gasteiger partial charge in [0, 0.05) is 5.57 Å². The van der Waals surface area contributed by atoms with Crippen molar-refractivity contribution in [2.45, 2.75) is 47.5 Å². The van der Waals surface area contributed by atoms with Crippen molar-refractivity contribution in [3.8, 4) is 0 Å². The lowest BCUT2D eigenvalue weighted by Crippen LogP contribution is -2.24. The molecule has 0 heterocycles. The molecule has 0 bridgehead atoms. The lowest BCUT2D eigenvalue weighted by Gasteiger charge is -2.31. The van der Waals surface area contributed by atoms with Crippen LogP contribution in [0.25, 0.3) is 0 Å². The average Bonchev–Trinajstić information content (AvgIpc) is 2.21. The molecule has 0 aliphatic heterocycles. The summed E-state index contributed by atoms with van der Waals surface area (Å²) in [6.07, 6.45) is 7.76. The molecule has 0 saturated carbocycles. The molecule has 1 heteroatoms. The first-order chi connectivity index (χ1) is 7.40. The quantitative estimate of drug-likeness (QED) is 0.648. The molecule has 0 radical (unpaired) electrons. The molecule has 0 aromatic carbocycles. The first-order valence-corrected chi connectivity index (χ1v) is 5.99. The highest BCUT2D eigenvalue weighted by atomic mass is 16.1. The van der Waals surface area contributed by atoms with Crippen molar-refractivity contribution in [2.75, 3.05) is 0 Å². The molecule has 0 fully saturated rings. The van der Waals surface area contributed by atoms with Gasteiger partial charge in [0.15, 0.2) is 5.78 Å². The largest absolute Gasteiger partial charge is 0.290 e. The van der Waals surface area contributed by atoms with Crippen LogP contribution in [-0.4, -0.2) is 5.78 Å². The second-order valence-corrected chi connectivity index (χ2v) is 5.15. The Hall–Kier alpha value is -1.11. The molecule has 1 nitrogen and oxygen atoms in total. The van der Waals surface area contributed by atoms with Crippen molar-refractivity contribution < 1.29 is 4.79 Å². The summed E-state index contributed by atoms with van der Waals surface area (Å²) in [7, 11) is 0. The van der Waals surface area contributed by atoms with Crippen molar-refractivity contribution in [2.24, 2.45) is 5.41 Å². The van der Waals surface area contributed by atoms with Gasteiger partial charge >= 0.3 is 0 Å². The van der Waals surface area contributed by atoms with E-state index in [1.165, 1.54) is 5.57 Å². The molecular weight excluding hydrogens is 196 g/mol. The van der Waals surface area contributed by atoms with E-state index in [-0.39, 0.29) is 11.2 Å². The van der Waals surface area contributed by atoms with Crippen molar-refractivity contribution in [3.63, 3.8) is 0 Å². The molecule has 0 N–H and O–H groups in total. The van der Waals surface area contributed by atoms with Crippen LogP contribution in [-0.2, 0) is 4.79 Å². The Bertz CT molecular complexity index is 378. The maximum atomic E-state index is 12.2. The van der Waals surface area contributed by atoms with E-state index < -0.39 is 0 Å². The summed E-state index contributed by atoms with van der Waals surface area (Å²) in [5, 5.41) is 0. The molecule has 0 unspecified atom stereocenters. The van der Waals surface area contributed by atoms with Crippen LogP contribution in [0.4, 0.5) is 0 Å². The molecule has 88 valence electrons. The summed E-state index contributed by atoms with van der Waals surface area (Å²) in [6.45, 7) is 10.5. The Morgan fingerprint density at radius 1 is 1.44 bits per heavy atom. The number of hydrogen-bond donors (Lipinski definition) is 0. The van der Waals surface area contributed by atoms with E-state index in [1.807, 2.05) is 13.0 Å². The fraction of sp³-hybridized carbons (Fsp3) is 0.533. The smallest absolute Gasteiger partial charge is 0.182 e. The van der Waals surface area contributed by atoms with Gasteiger partial charge in [0.1, 0.15) is 0 Å². The highest BCUT2D eigenvalue weighted by Gasteiger charge is 2.31. The summed E-state index contributed by atoms with van der Waals surface area (Å²) < 4.78 is 0. The van der Waals surface area contributed by atoms with Gasteiger partial charge < -0.3 is 0 Å². The minimum atomic E-state index is -0.0290. The van der Waals surface area contributed by atoms with E-state index in [1.54, 1.807) is 6.08 Å². The van der Waals surface area contributed by atoms with Gasteiger partial charge in [-0.05, 0) is 43.8 Å². The fourth-order valence-corrected chi connectivity index (χ4v) is 2.19. The number of allylic oxidation sites excluding steroid dienone is 6. The number of carbonyl (C=O) groups excluding carboxylic acids is 1. The van der Waals surface area contributed by atoms with Gasteiger partial charge in [0.25, 0.3) is 0 Å². The van der Waals surface area contributed by atoms with E-state index in [2.05, 4.69) is 33.8 Å². The van der Waals surface area contributed by atoms with Crippen molar-refractivity contribution in [1.29, 1.82) is 0 Å². The monoisotopic (exact) mass is 218 g/mol. The zero-order chi connectivity index (χ0) is 12.3. The van der Waals surface area contributed by atoms with Gasteiger partial charge in [-0.25, -0.2) is 0 Å². The maximum Gasteiger partial charge on any atom is 0.182 e. The Balaban J connectivity index is 3.15. The molecule has 1 aliphatic rings. The SMILES string of the molecule is CC/C=C/C(=O)C1=C(C)C(C)=CCC1(C)C. The average molecular weight is 218 g/mol. The molecule has 0 atom stereocenters. The molecule has 0 spiro atoms. The van der Waals surface area contributed by atoms with Gasteiger partial charge in [-0.15, -0.1) is 0 Å². The van der Waals surface area contributed by atoms with Crippen LogP contribution in [0, 0.1) is 5.41 Å². The summed E-state index contributed by atoms with van der Waals surface area (Å²) in [6, 6.07) is 0. The molecule has 0 aromatic heterocycles. The summed E-state index contributed by atoms with van der Waals surface area (Å²) >= 11 is 0. The Labute approximate surface area is 98.9 Å². The van der Waals surface area contributed by atoms with E-state index >= 15 is 0 Å². The highest BCUT2D eigenvalue weighted by Crippen LogP contribution is 2.39. The molecule has 1 rings (SSSR count). The summed E-state index contributed by atoms with van der Waals surface area (Å²) in [5.41, 5.74) is 3.35. The van der Waals surface area contributed by atoms with Crippen molar-refractivity contribution in [3.05, 3.63) is 34.9 Å². The van der Waals surface area contributed by atoms with Crippen LogP contribution in [0.2, 0.25) is 0 Å².